The minimum Gasteiger partial charge on any atom is -0.383 e. The summed E-state index contributed by atoms with van der Waals surface area (Å²) in [6.45, 7) is 4.34. The second kappa shape index (κ2) is 6.69. The van der Waals surface area contributed by atoms with E-state index in [9.17, 15) is 0 Å². The quantitative estimate of drug-likeness (QED) is 0.843. The molecule has 0 aromatic carbocycles. The molecule has 1 rings (SSSR count). The molecule has 0 spiro atoms. The summed E-state index contributed by atoms with van der Waals surface area (Å²) in [6, 6.07) is 0.440. The first-order chi connectivity index (χ1) is 8.11. The van der Waals surface area contributed by atoms with Crippen molar-refractivity contribution in [1.82, 2.24) is 9.97 Å². The summed E-state index contributed by atoms with van der Waals surface area (Å²) in [4.78, 5) is 10.7. The highest BCUT2D eigenvalue weighted by atomic mass is 32.2. The molecule has 1 atom stereocenters. The zero-order valence-corrected chi connectivity index (χ0v) is 11.9. The normalized spacial score (nSPS) is 12.5. The number of thioether (sulfide) groups is 1. The molecule has 1 heterocycles. The summed E-state index contributed by atoms with van der Waals surface area (Å²) in [6.07, 6.45) is 5.64. The molecular weight excluding hydrogens is 232 g/mol. The van der Waals surface area contributed by atoms with E-state index in [4.69, 9.17) is 5.73 Å². The van der Waals surface area contributed by atoms with Crippen molar-refractivity contribution in [3.63, 3.8) is 0 Å². The van der Waals surface area contributed by atoms with Gasteiger partial charge in [0, 0.05) is 24.4 Å². The molecule has 0 aliphatic carbocycles. The van der Waals surface area contributed by atoms with Gasteiger partial charge in [-0.15, -0.1) is 0 Å². The molecule has 0 aliphatic rings. The maximum atomic E-state index is 5.94. The average Bonchev–Trinajstić information content (AvgIpc) is 2.31. The lowest BCUT2D eigenvalue weighted by Crippen LogP contribution is -2.32. The highest BCUT2D eigenvalue weighted by Gasteiger charge is 2.16. The SMILES string of the molecule is CCCc1c(N)ncnc1N(C)C(C)CSC. The number of nitrogen functional groups attached to an aromatic ring is 1. The second-order valence-electron chi connectivity index (χ2n) is 4.23. The van der Waals surface area contributed by atoms with E-state index in [0.717, 1.165) is 30.0 Å². The Hall–Kier alpha value is -0.970. The number of hydrogen-bond donors (Lipinski definition) is 1. The average molecular weight is 254 g/mol. The number of rotatable bonds is 6. The van der Waals surface area contributed by atoms with Crippen LogP contribution in [-0.2, 0) is 6.42 Å². The third-order valence-electron chi connectivity index (χ3n) is 2.86. The third kappa shape index (κ3) is 3.49. The van der Waals surface area contributed by atoms with E-state index >= 15 is 0 Å². The Balaban J connectivity index is 2.99. The first-order valence-corrected chi connectivity index (χ1v) is 7.32. The van der Waals surface area contributed by atoms with Gasteiger partial charge in [-0.05, 0) is 19.6 Å². The summed E-state index contributed by atoms with van der Waals surface area (Å²) >= 11 is 1.84. The van der Waals surface area contributed by atoms with Crippen molar-refractivity contribution in [2.24, 2.45) is 0 Å². The van der Waals surface area contributed by atoms with Crippen LogP contribution in [0, 0.1) is 0 Å². The zero-order chi connectivity index (χ0) is 12.8. The Morgan fingerprint density at radius 1 is 1.47 bits per heavy atom. The van der Waals surface area contributed by atoms with Crippen molar-refractivity contribution in [3.05, 3.63) is 11.9 Å². The van der Waals surface area contributed by atoms with E-state index in [1.165, 1.54) is 0 Å². The smallest absolute Gasteiger partial charge is 0.137 e. The van der Waals surface area contributed by atoms with Crippen LogP contribution >= 0.6 is 11.8 Å². The molecule has 0 amide bonds. The lowest BCUT2D eigenvalue weighted by Gasteiger charge is -2.27. The summed E-state index contributed by atoms with van der Waals surface area (Å²) in [5, 5.41) is 0. The van der Waals surface area contributed by atoms with Crippen molar-refractivity contribution in [2.75, 3.05) is 29.7 Å². The first-order valence-electron chi connectivity index (χ1n) is 5.92. The topological polar surface area (TPSA) is 55.0 Å². The monoisotopic (exact) mass is 254 g/mol. The molecule has 96 valence electrons. The Morgan fingerprint density at radius 2 is 2.18 bits per heavy atom. The molecule has 0 fully saturated rings. The maximum absolute atomic E-state index is 5.94. The molecule has 4 nitrogen and oxygen atoms in total. The summed E-state index contributed by atoms with van der Waals surface area (Å²) < 4.78 is 0. The van der Waals surface area contributed by atoms with Crippen LogP contribution in [0.5, 0.6) is 0 Å². The van der Waals surface area contributed by atoms with E-state index in [2.05, 4.69) is 42.0 Å². The Bertz CT molecular complexity index is 356. The molecule has 5 heteroatoms. The second-order valence-corrected chi connectivity index (χ2v) is 5.14. The van der Waals surface area contributed by atoms with Crippen LogP contribution in [0.2, 0.25) is 0 Å². The molecular formula is C12H22N4S. The van der Waals surface area contributed by atoms with Crippen molar-refractivity contribution in [1.29, 1.82) is 0 Å². The Labute approximate surface area is 108 Å². The van der Waals surface area contributed by atoms with E-state index in [1.807, 2.05) is 11.8 Å². The molecule has 0 radical (unpaired) electrons. The molecule has 17 heavy (non-hydrogen) atoms. The van der Waals surface area contributed by atoms with Gasteiger partial charge in [-0.2, -0.15) is 11.8 Å². The lowest BCUT2D eigenvalue weighted by atomic mass is 10.1. The van der Waals surface area contributed by atoms with Gasteiger partial charge in [0.05, 0.1) is 0 Å². The van der Waals surface area contributed by atoms with Crippen LogP contribution < -0.4 is 10.6 Å². The van der Waals surface area contributed by atoms with E-state index in [-0.39, 0.29) is 0 Å². The van der Waals surface area contributed by atoms with Gasteiger partial charge in [0.25, 0.3) is 0 Å². The predicted molar refractivity (Wildman–Crippen MR) is 76.7 cm³/mol. The van der Waals surface area contributed by atoms with Gasteiger partial charge in [-0.3, -0.25) is 0 Å². The molecule has 1 aromatic heterocycles. The lowest BCUT2D eigenvalue weighted by molar-refractivity contribution is 0.741. The molecule has 0 saturated heterocycles. The molecule has 0 aliphatic heterocycles. The van der Waals surface area contributed by atoms with Gasteiger partial charge in [-0.25, -0.2) is 9.97 Å². The van der Waals surface area contributed by atoms with Gasteiger partial charge in [-0.1, -0.05) is 13.3 Å². The van der Waals surface area contributed by atoms with Crippen molar-refractivity contribution >= 4 is 23.4 Å². The van der Waals surface area contributed by atoms with Gasteiger partial charge in [0.1, 0.15) is 18.0 Å². The fourth-order valence-corrected chi connectivity index (χ4v) is 2.48. The summed E-state index contributed by atoms with van der Waals surface area (Å²) in [5.74, 6) is 2.66. The predicted octanol–water partition coefficient (Wildman–Crippen LogP) is 2.20. The maximum Gasteiger partial charge on any atom is 0.137 e. The van der Waals surface area contributed by atoms with E-state index < -0.39 is 0 Å². The van der Waals surface area contributed by atoms with Gasteiger partial charge in [0.15, 0.2) is 0 Å². The van der Waals surface area contributed by atoms with Crippen LogP contribution in [0.1, 0.15) is 25.8 Å². The van der Waals surface area contributed by atoms with Crippen LogP contribution in [-0.4, -0.2) is 35.1 Å². The standard InChI is InChI=1S/C12H22N4S/c1-5-6-10-11(13)14-8-15-12(10)16(3)9(2)7-17-4/h8-9H,5-7H2,1-4H3,(H2,13,14,15). The summed E-state index contributed by atoms with van der Waals surface area (Å²) in [7, 11) is 2.07. The van der Waals surface area contributed by atoms with Gasteiger partial charge < -0.3 is 10.6 Å². The molecule has 0 bridgehead atoms. The molecule has 1 aromatic rings. The minimum absolute atomic E-state index is 0.440. The van der Waals surface area contributed by atoms with Crippen LogP contribution in [0.15, 0.2) is 6.33 Å². The molecule has 2 N–H and O–H groups in total. The number of aromatic nitrogens is 2. The van der Waals surface area contributed by atoms with E-state index in [1.54, 1.807) is 6.33 Å². The number of nitrogens with zero attached hydrogens (tertiary/aromatic N) is 3. The largest absolute Gasteiger partial charge is 0.383 e. The van der Waals surface area contributed by atoms with Crippen molar-refractivity contribution < 1.29 is 0 Å². The fraction of sp³-hybridized carbons (Fsp3) is 0.667. The first kappa shape index (κ1) is 14.1. The number of nitrogens with two attached hydrogens (primary N) is 1. The van der Waals surface area contributed by atoms with Crippen molar-refractivity contribution in [2.45, 2.75) is 32.7 Å². The van der Waals surface area contributed by atoms with Gasteiger partial charge >= 0.3 is 0 Å². The number of hydrogen-bond acceptors (Lipinski definition) is 5. The van der Waals surface area contributed by atoms with Crippen LogP contribution in [0.25, 0.3) is 0 Å². The highest BCUT2D eigenvalue weighted by molar-refractivity contribution is 7.98. The van der Waals surface area contributed by atoms with Crippen molar-refractivity contribution in [3.8, 4) is 0 Å². The third-order valence-corrected chi connectivity index (χ3v) is 3.67. The highest BCUT2D eigenvalue weighted by Crippen LogP contribution is 2.24. The fourth-order valence-electron chi connectivity index (χ4n) is 1.77. The minimum atomic E-state index is 0.440. The van der Waals surface area contributed by atoms with Gasteiger partial charge in [0.2, 0.25) is 0 Å². The Kier molecular flexibility index (Phi) is 5.55. The number of anilines is 2. The van der Waals surface area contributed by atoms with Crippen LogP contribution in [0.4, 0.5) is 11.6 Å². The van der Waals surface area contributed by atoms with Crippen LogP contribution in [0.3, 0.4) is 0 Å². The zero-order valence-electron chi connectivity index (χ0n) is 11.1. The molecule has 0 saturated carbocycles. The van der Waals surface area contributed by atoms with E-state index in [0.29, 0.717) is 11.9 Å². The summed E-state index contributed by atoms with van der Waals surface area (Å²) in [5.41, 5.74) is 7.01. The Morgan fingerprint density at radius 3 is 2.76 bits per heavy atom. The molecule has 1 unspecified atom stereocenters.